The van der Waals surface area contributed by atoms with Crippen LogP contribution in [-0.2, 0) is 0 Å². The average Bonchev–Trinajstić information content (AvgIpc) is 3.04. The summed E-state index contributed by atoms with van der Waals surface area (Å²) in [6, 6.07) is 13.8. The van der Waals surface area contributed by atoms with E-state index >= 15 is 0 Å². The van der Waals surface area contributed by atoms with Gasteiger partial charge in [0.05, 0.1) is 10.0 Å². The van der Waals surface area contributed by atoms with Crippen LogP contribution in [0.2, 0.25) is 15.1 Å². The Balaban J connectivity index is 1.83. The molecule has 3 rings (SSSR count). The number of carbonyl (C=O) groups is 1. The van der Waals surface area contributed by atoms with Crippen LogP contribution in [0.15, 0.2) is 52.9 Å². The number of benzene rings is 2. The second kappa shape index (κ2) is 6.89. The zero-order valence-electron chi connectivity index (χ0n) is 12.6. The Hall–Kier alpha value is -1.94. The number of hydrogen-bond donors (Lipinski definition) is 1. The molecule has 0 aliphatic carbocycles. The molecule has 0 aliphatic heterocycles. The first-order chi connectivity index (χ1) is 11.5. The third kappa shape index (κ3) is 3.44. The fourth-order valence-corrected chi connectivity index (χ4v) is 2.66. The zero-order valence-corrected chi connectivity index (χ0v) is 14.8. The minimum absolute atomic E-state index is 0.190. The Morgan fingerprint density at radius 2 is 1.75 bits per heavy atom. The second-order valence-corrected chi connectivity index (χ2v) is 6.38. The van der Waals surface area contributed by atoms with Gasteiger partial charge in [0, 0.05) is 16.3 Å². The molecule has 122 valence electrons. The highest BCUT2D eigenvalue weighted by atomic mass is 35.5. The minimum atomic E-state index is -0.355. The molecule has 6 heteroatoms. The molecule has 0 aliphatic rings. The van der Waals surface area contributed by atoms with Crippen molar-refractivity contribution in [2.75, 3.05) is 5.32 Å². The SMILES string of the molecule is Cc1c(Cl)cccc1NC(=O)c1ccc(-c2ccc(Cl)c(Cl)c2)o1. The van der Waals surface area contributed by atoms with Gasteiger partial charge >= 0.3 is 0 Å². The van der Waals surface area contributed by atoms with Crippen LogP contribution < -0.4 is 5.32 Å². The van der Waals surface area contributed by atoms with E-state index in [9.17, 15) is 4.79 Å². The van der Waals surface area contributed by atoms with Gasteiger partial charge in [0.2, 0.25) is 0 Å². The molecule has 2 aromatic carbocycles. The summed E-state index contributed by atoms with van der Waals surface area (Å²) in [7, 11) is 0. The molecule has 3 nitrogen and oxygen atoms in total. The molecule has 0 atom stereocenters. The summed E-state index contributed by atoms with van der Waals surface area (Å²) in [6.07, 6.45) is 0. The molecule has 3 aromatic rings. The molecule has 0 spiro atoms. The van der Waals surface area contributed by atoms with Crippen molar-refractivity contribution in [1.82, 2.24) is 0 Å². The Bertz CT molecular complexity index is 918. The van der Waals surface area contributed by atoms with Crippen molar-refractivity contribution in [1.29, 1.82) is 0 Å². The molecule has 1 amide bonds. The molecule has 0 saturated heterocycles. The molecular weight excluding hydrogens is 369 g/mol. The Morgan fingerprint density at radius 3 is 2.50 bits per heavy atom. The van der Waals surface area contributed by atoms with Gasteiger partial charge in [-0.25, -0.2) is 0 Å². The van der Waals surface area contributed by atoms with Gasteiger partial charge in [-0.15, -0.1) is 0 Å². The second-order valence-electron chi connectivity index (χ2n) is 5.16. The lowest BCUT2D eigenvalue weighted by Crippen LogP contribution is -2.11. The molecule has 1 aromatic heterocycles. The molecule has 0 fully saturated rings. The fourth-order valence-electron chi connectivity index (χ4n) is 2.19. The van der Waals surface area contributed by atoms with Gasteiger partial charge in [-0.3, -0.25) is 4.79 Å². The van der Waals surface area contributed by atoms with Gasteiger partial charge in [0.1, 0.15) is 5.76 Å². The number of anilines is 1. The molecule has 0 saturated carbocycles. The summed E-state index contributed by atoms with van der Waals surface area (Å²) in [5, 5.41) is 4.26. The Kier molecular flexibility index (Phi) is 4.86. The van der Waals surface area contributed by atoms with Crippen LogP contribution in [0.3, 0.4) is 0 Å². The summed E-state index contributed by atoms with van der Waals surface area (Å²) < 4.78 is 5.62. The van der Waals surface area contributed by atoms with E-state index in [2.05, 4.69) is 5.32 Å². The van der Waals surface area contributed by atoms with E-state index in [0.717, 1.165) is 11.1 Å². The summed E-state index contributed by atoms with van der Waals surface area (Å²) in [5.41, 5.74) is 2.17. The van der Waals surface area contributed by atoms with Crippen molar-refractivity contribution in [2.45, 2.75) is 6.92 Å². The van der Waals surface area contributed by atoms with E-state index in [0.29, 0.717) is 26.5 Å². The number of nitrogens with one attached hydrogen (secondary N) is 1. The van der Waals surface area contributed by atoms with E-state index in [1.54, 1.807) is 48.5 Å². The fraction of sp³-hybridized carbons (Fsp3) is 0.0556. The first kappa shape index (κ1) is 16.9. The van der Waals surface area contributed by atoms with Crippen LogP contribution in [0.25, 0.3) is 11.3 Å². The van der Waals surface area contributed by atoms with E-state index in [4.69, 9.17) is 39.2 Å². The van der Waals surface area contributed by atoms with Gasteiger partial charge in [0.25, 0.3) is 5.91 Å². The van der Waals surface area contributed by atoms with Gasteiger partial charge in [-0.05, 0) is 55.0 Å². The lowest BCUT2D eigenvalue weighted by atomic mass is 10.2. The quantitative estimate of drug-likeness (QED) is 0.566. The van der Waals surface area contributed by atoms with Crippen molar-refractivity contribution in [3.05, 3.63) is 74.9 Å². The van der Waals surface area contributed by atoms with E-state index in [1.807, 2.05) is 6.92 Å². The van der Waals surface area contributed by atoms with Crippen molar-refractivity contribution in [3.63, 3.8) is 0 Å². The number of carbonyl (C=O) groups excluding carboxylic acids is 1. The third-order valence-corrected chi connectivity index (χ3v) is 4.70. The van der Waals surface area contributed by atoms with Crippen LogP contribution in [0.1, 0.15) is 16.1 Å². The highest BCUT2D eigenvalue weighted by Crippen LogP contribution is 2.30. The van der Waals surface area contributed by atoms with Gasteiger partial charge in [-0.1, -0.05) is 40.9 Å². The smallest absolute Gasteiger partial charge is 0.291 e. The van der Waals surface area contributed by atoms with Crippen LogP contribution in [-0.4, -0.2) is 5.91 Å². The monoisotopic (exact) mass is 379 g/mol. The lowest BCUT2D eigenvalue weighted by molar-refractivity contribution is 0.0997. The molecular formula is C18H12Cl3NO2. The molecule has 0 radical (unpaired) electrons. The van der Waals surface area contributed by atoms with Crippen molar-refractivity contribution in [2.24, 2.45) is 0 Å². The van der Waals surface area contributed by atoms with Crippen LogP contribution in [0.4, 0.5) is 5.69 Å². The number of hydrogen-bond acceptors (Lipinski definition) is 2. The lowest BCUT2D eigenvalue weighted by Gasteiger charge is -2.08. The average molecular weight is 381 g/mol. The van der Waals surface area contributed by atoms with Gasteiger partial charge < -0.3 is 9.73 Å². The van der Waals surface area contributed by atoms with Crippen LogP contribution in [0, 0.1) is 6.92 Å². The van der Waals surface area contributed by atoms with Crippen LogP contribution >= 0.6 is 34.8 Å². The van der Waals surface area contributed by atoms with Crippen molar-refractivity contribution < 1.29 is 9.21 Å². The Labute approximate surface area is 154 Å². The molecule has 1 N–H and O–H groups in total. The molecule has 0 unspecified atom stereocenters. The molecule has 0 bridgehead atoms. The van der Waals surface area contributed by atoms with Crippen molar-refractivity contribution in [3.8, 4) is 11.3 Å². The summed E-state index contributed by atoms with van der Waals surface area (Å²) in [6.45, 7) is 1.83. The summed E-state index contributed by atoms with van der Waals surface area (Å²) in [4.78, 5) is 12.3. The number of rotatable bonds is 3. The van der Waals surface area contributed by atoms with Crippen LogP contribution in [0.5, 0.6) is 0 Å². The minimum Gasteiger partial charge on any atom is -0.451 e. The third-order valence-electron chi connectivity index (χ3n) is 3.55. The number of halogens is 3. The maximum atomic E-state index is 12.3. The largest absolute Gasteiger partial charge is 0.451 e. The number of furan rings is 1. The molecule has 24 heavy (non-hydrogen) atoms. The molecule has 1 heterocycles. The maximum absolute atomic E-state index is 12.3. The first-order valence-corrected chi connectivity index (χ1v) is 8.21. The topological polar surface area (TPSA) is 42.2 Å². The van der Waals surface area contributed by atoms with Crippen molar-refractivity contribution >= 4 is 46.4 Å². The van der Waals surface area contributed by atoms with E-state index < -0.39 is 0 Å². The van der Waals surface area contributed by atoms with Gasteiger partial charge in [-0.2, -0.15) is 0 Å². The zero-order chi connectivity index (χ0) is 17.3. The first-order valence-electron chi connectivity index (χ1n) is 7.07. The number of amides is 1. The highest BCUT2D eigenvalue weighted by Gasteiger charge is 2.14. The van der Waals surface area contributed by atoms with E-state index in [1.165, 1.54) is 0 Å². The standard InChI is InChI=1S/C18H12Cl3NO2/c1-10-12(19)3-2-4-15(10)22-18(23)17-8-7-16(24-17)11-5-6-13(20)14(21)9-11/h2-9H,1H3,(H,22,23). The highest BCUT2D eigenvalue weighted by molar-refractivity contribution is 6.42. The predicted molar refractivity (Wildman–Crippen MR) is 98.3 cm³/mol. The summed E-state index contributed by atoms with van der Waals surface area (Å²) in [5.74, 6) is 0.364. The normalized spacial score (nSPS) is 10.7. The van der Waals surface area contributed by atoms with Gasteiger partial charge in [0.15, 0.2) is 5.76 Å². The predicted octanol–water partition coefficient (Wildman–Crippen LogP) is 6.47. The maximum Gasteiger partial charge on any atom is 0.291 e. The Morgan fingerprint density at radius 1 is 0.958 bits per heavy atom. The summed E-state index contributed by atoms with van der Waals surface area (Å²) >= 11 is 18.0. The van der Waals surface area contributed by atoms with E-state index in [-0.39, 0.29) is 11.7 Å².